The molecule has 0 saturated carbocycles. The van der Waals surface area contributed by atoms with Crippen molar-refractivity contribution in [3.05, 3.63) is 18.0 Å². The van der Waals surface area contributed by atoms with E-state index in [0.717, 1.165) is 19.7 Å². The molecule has 1 saturated heterocycles. The fourth-order valence-corrected chi connectivity index (χ4v) is 2.14. The van der Waals surface area contributed by atoms with E-state index in [4.69, 9.17) is 4.74 Å². The quantitative estimate of drug-likeness (QED) is 0.757. The van der Waals surface area contributed by atoms with Gasteiger partial charge in [-0.15, -0.1) is 0 Å². The molecule has 0 aliphatic carbocycles. The topological polar surface area (TPSA) is 39.1 Å². The van der Waals surface area contributed by atoms with E-state index in [-0.39, 0.29) is 0 Å². The summed E-state index contributed by atoms with van der Waals surface area (Å²) in [6.45, 7) is 2.92. The van der Waals surface area contributed by atoms with Crippen LogP contribution in [-0.2, 0) is 11.8 Å². The third-order valence-corrected chi connectivity index (χ3v) is 2.87. The molecule has 4 nitrogen and oxygen atoms in total. The monoisotopic (exact) mass is 195 g/mol. The molecular weight excluding hydrogens is 178 g/mol. The van der Waals surface area contributed by atoms with Gasteiger partial charge in [-0.05, 0) is 5.56 Å². The molecule has 2 heterocycles. The molecule has 4 heteroatoms. The highest BCUT2D eigenvalue weighted by molar-refractivity contribution is 5.15. The third kappa shape index (κ3) is 1.81. The molecule has 0 unspecified atom stereocenters. The van der Waals surface area contributed by atoms with Crippen LogP contribution in [0.2, 0.25) is 0 Å². The van der Waals surface area contributed by atoms with Crippen LogP contribution in [0.4, 0.5) is 0 Å². The Hall–Kier alpha value is -0.870. The van der Waals surface area contributed by atoms with E-state index in [9.17, 15) is 0 Å². The highest BCUT2D eigenvalue weighted by atomic mass is 16.5. The number of methoxy groups -OCH3 is 1. The van der Waals surface area contributed by atoms with Crippen molar-refractivity contribution < 1.29 is 4.74 Å². The Kier molecular flexibility index (Phi) is 2.84. The lowest BCUT2D eigenvalue weighted by atomic mass is 9.92. The first-order chi connectivity index (χ1) is 6.81. The molecule has 2 rings (SSSR count). The Morgan fingerprint density at radius 1 is 1.64 bits per heavy atom. The summed E-state index contributed by atoms with van der Waals surface area (Å²) in [7, 11) is 3.72. The van der Waals surface area contributed by atoms with Gasteiger partial charge < -0.3 is 10.1 Å². The summed E-state index contributed by atoms with van der Waals surface area (Å²) >= 11 is 0. The second kappa shape index (κ2) is 4.11. The second-order valence-electron chi connectivity index (χ2n) is 3.93. The minimum Gasteiger partial charge on any atom is -0.384 e. The first-order valence-corrected chi connectivity index (χ1v) is 4.99. The molecule has 0 amide bonds. The van der Waals surface area contributed by atoms with Crippen LogP contribution in [0.1, 0.15) is 11.5 Å². The zero-order valence-corrected chi connectivity index (χ0v) is 8.73. The number of aryl methyl sites for hydroxylation is 1. The maximum absolute atomic E-state index is 5.22. The maximum atomic E-state index is 5.22. The average molecular weight is 195 g/mol. The summed E-state index contributed by atoms with van der Waals surface area (Å²) in [6.07, 6.45) is 4.06. The number of hydrogen-bond acceptors (Lipinski definition) is 3. The fourth-order valence-electron chi connectivity index (χ4n) is 2.14. The molecule has 0 aromatic carbocycles. The predicted molar refractivity (Wildman–Crippen MR) is 54.2 cm³/mol. The summed E-state index contributed by atoms with van der Waals surface area (Å²) in [4.78, 5) is 0. The highest BCUT2D eigenvalue weighted by Gasteiger charge is 2.28. The first-order valence-electron chi connectivity index (χ1n) is 4.99. The maximum Gasteiger partial charge on any atom is 0.0525 e. The Bertz CT molecular complexity index is 297. The smallest absolute Gasteiger partial charge is 0.0525 e. The standard InChI is InChI=1S/C10H17N3O/c1-13-6-8(4-12-13)10-5-11-3-9(10)7-14-2/h4,6,9-11H,3,5,7H2,1-2H3/t9-,10-/m0/s1. The van der Waals surface area contributed by atoms with Gasteiger partial charge in [0.05, 0.1) is 12.8 Å². The SMILES string of the molecule is COC[C@@H]1CNC[C@H]1c1cnn(C)c1. The number of aromatic nitrogens is 2. The summed E-state index contributed by atoms with van der Waals surface area (Å²) in [5, 5.41) is 7.60. The summed E-state index contributed by atoms with van der Waals surface area (Å²) in [5.74, 6) is 1.15. The molecule has 1 aromatic heterocycles. The molecule has 0 radical (unpaired) electrons. The zero-order valence-electron chi connectivity index (χ0n) is 8.73. The van der Waals surface area contributed by atoms with E-state index in [2.05, 4.69) is 16.6 Å². The van der Waals surface area contributed by atoms with E-state index < -0.39 is 0 Å². The Labute approximate surface area is 84.3 Å². The molecule has 1 aromatic rings. The van der Waals surface area contributed by atoms with Crippen LogP contribution in [0, 0.1) is 5.92 Å². The van der Waals surface area contributed by atoms with Crippen molar-refractivity contribution in [2.45, 2.75) is 5.92 Å². The molecule has 0 spiro atoms. The molecule has 2 atom stereocenters. The van der Waals surface area contributed by atoms with Crippen LogP contribution in [-0.4, -0.2) is 36.6 Å². The van der Waals surface area contributed by atoms with Gasteiger partial charge in [-0.2, -0.15) is 5.10 Å². The van der Waals surface area contributed by atoms with Gasteiger partial charge in [-0.1, -0.05) is 0 Å². The summed E-state index contributed by atoms with van der Waals surface area (Å²) in [5.41, 5.74) is 1.32. The zero-order chi connectivity index (χ0) is 9.97. The Balaban J connectivity index is 2.09. The lowest BCUT2D eigenvalue weighted by Gasteiger charge is -2.15. The minimum atomic E-state index is 0.559. The second-order valence-corrected chi connectivity index (χ2v) is 3.93. The van der Waals surface area contributed by atoms with Gasteiger partial charge in [-0.25, -0.2) is 0 Å². The lowest BCUT2D eigenvalue weighted by molar-refractivity contribution is 0.153. The Morgan fingerprint density at radius 2 is 2.50 bits per heavy atom. The molecule has 14 heavy (non-hydrogen) atoms. The van der Waals surface area contributed by atoms with E-state index in [1.165, 1.54) is 5.56 Å². The van der Waals surface area contributed by atoms with Crippen molar-refractivity contribution in [2.75, 3.05) is 26.8 Å². The number of rotatable bonds is 3. The highest BCUT2D eigenvalue weighted by Crippen LogP contribution is 2.27. The molecular formula is C10H17N3O. The van der Waals surface area contributed by atoms with Crippen molar-refractivity contribution in [2.24, 2.45) is 13.0 Å². The van der Waals surface area contributed by atoms with Gasteiger partial charge in [0.2, 0.25) is 0 Å². The van der Waals surface area contributed by atoms with Crippen molar-refractivity contribution in [3.63, 3.8) is 0 Å². The largest absolute Gasteiger partial charge is 0.384 e. The van der Waals surface area contributed by atoms with Crippen LogP contribution >= 0.6 is 0 Å². The van der Waals surface area contributed by atoms with Gasteiger partial charge >= 0.3 is 0 Å². The van der Waals surface area contributed by atoms with Crippen molar-refractivity contribution >= 4 is 0 Å². The number of hydrogen-bond donors (Lipinski definition) is 1. The fraction of sp³-hybridized carbons (Fsp3) is 0.700. The van der Waals surface area contributed by atoms with Crippen LogP contribution in [0.15, 0.2) is 12.4 Å². The molecule has 1 aliphatic heterocycles. The van der Waals surface area contributed by atoms with Gasteiger partial charge in [0.25, 0.3) is 0 Å². The van der Waals surface area contributed by atoms with Crippen LogP contribution in [0.5, 0.6) is 0 Å². The van der Waals surface area contributed by atoms with Gasteiger partial charge in [0.15, 0.2) is 0 Å². The average Bonchev–Trinajstić information content (AvgIpc) is 2.74. The third-order valence-electron chi connectivity index (χ3n) is 2.87. The normalized spacial score (nSPS) is 27.0. The number of ether oxygens (including phenoxy) is 1. The van der Waals surface area contributed by atoms with Gasteiger partial charge in [-0.3, -0.25) is 4.68 Å². The van der Waals surface area contributed by atoms with Crippen LogP contribution in [0.3, 0.4) is 0 Å². The molecule has 78 valence electrons. The lowest BCUT2D eigenvalue weighted by Crippen LogP contribution is -2.16. The predicted octanol–water partition coefficient (Wildman–Crippen LogP) is 0.369. The summed E-state index contributed by atoms with van der Waals surface area (Å²) < 4.78 is 7.08. The van der Waals surface area contributed by atoms with E-state index in [0.29, 0.717) is 11.8 Å². The molecule has 1 fully saturated rings. The van der Waals surface area contributed by atoms with E-state index >= 15 is 0 Å². The molecule has 1 aliphatic rings. The van der Waals surface area contributed by atoms with Gasteiger partial charge in [0.1, 0.15) is 0 Å². The van der Waals surface area contributed by atoms with Crippen LogP contribution < -0.4 is 5.32 Å². The van der Waals surface area contributed by atoms with Gasteiger partial charge in [0, 0.05) is 45.3 Å². The Morgan fingerprint density at radius 3 is 3.14 bits per heavy atom. The summed E-state index contributed by atoms with van der Waals surface area (Å²) in [6, 6.07) is 0. The number of nitrogens with zero attached hydrogens (tertiary/aromatic N) is 2. The first kappa shape index (κ1) is 9.68. The minimum absolute atomic E-state index is 0.559. The molecule has 0 bridgehead atoms. The van der Waals surface area contributed by atoms with Crippen molar-refractivity contribution in [1.29, 1.82) is 0 Å². The number of nitrogens with one attached hydrogen (secondary N) is 1. The van der Waals surface area contributed by atoms with Crippen molar-refractivity contribution in [1.82, 2.24) is 15.1 Å². The van der Waals surface area contributed by atoms with E-state index in [1.54, 1.807) is 7.11 Å². The van der Waals surface area contributed by atoms with Crippen molar-refractivity contribution in [3.8, 4) is 0 Å². The van der Waals surface area contributed by atoms with Crippen LogP contribution in [0.25, 0.3) is 0 Å². The van der Waals surface area contributed by atoms with E-state index in [1.807, 2.05) is 17.9 Å². The molecule has 1 N–H and O–H groups in total.